The number of Topliss-reactive ketones (excluding diaryl/α,β-unsaturated/α-hetero) is 1. The zero-order chi connectivity index (χ0) is 12.5. The second-order valence-corrected chi connectivity index (χ2v) is 4.50. The molecule has 0 bridgehead atoms. The van der Waals surface area contributed by atoms with Crippen LogP contribution in [0.2, 0.25) is 0 Å². The predicted molar refractivity (Wildman–Crippen MR) is 69.0 cm³/mol. The fourth-order valence-corrected chi connectivity index (χ4v) is 1.78. The summed E-state index contributed by atoms with van der Waals surface area (Å²) >= 11 is 0. The molecule has 2 rings (SSSR count). The number of benzene rings is 1. The Bertz CT molecular complexity index is 556. The van der Waals surface area contributed by atoms with Gasteiger partial charge in [0.15, 0.2) is 5.78 Å². The molecule has 3 nitrogen and oxygen atoms in total. The fourth-order valence-electron chi connectivity index (χ4n) is 1.78. The normalized spacial score (nSPS) is 14.5. The molecule has 0 aliphatic heterocycles. The number of carbonyl (C=O) groups is 1. The highest BCUT2D eigenvalue weighted by molar-refractivity contribution is 6.11. The van der Waals surface area contributed by atoms with E-state index in [1.807, 2.05) is 31.2 Å². The lowest BCUT2D eigenvalue weighted by atomic mass is 9.88. The second kappa shape index (κ2) is 4.26. The first-order chi connectivity index (χ1) is 8.06. The van der Waals surface area contributed by atoms with E-state index in [2.05, 4.69) is 4.98 Å². The molecule has 0 saturated heterocycles. The zero-order valence-electron chi connectivity index (χ0n) is 10.1. The predicted octanol–water partition coefficient (Wildman–Crippen LogP) is 2.54. The largest absolute Gasteiger partial charge is 0.319 e. The summed E-state index contributed by atoms with van der Waals surface area (Å²) in [6, 6.07) is 7.55. The molecule has 2 N–H and O–H groups in total. The molecule has 0 amide bonds. The van der Waals surface area contributed by atoms with Crippen molar-refractivity contribution >= 4 is 16.6 Å². The van der Waals surface area contributed by atoms with E-state index in [9.17, 15) is 4.79 Å². The van der Waals surface area contributed by atoms with Crippen LogP contribution in [0.1, 0.15) is 30.6 Å². The first-order valence-corrected chi connectivity index (χ1v) is 5.72. The lowest BCUT2D eigenvalue weighted by Crippen LogP contribution is -2.44. The summed E-state index contributed by atoms with van der Waals surface area (Å²) in [7, 11) is 0. The Morgan fingerprint density at radius 2 is 2.18 bits per heavy atom. The van der Waals surface area contributed by atoms with Crippen LogP contribution in [0.5, 0.6) is 0 Å². The third-order valence-electron chi connectivity index (χ3n) is 3.18. The number of fused-ring (bicyclic) bond motifs is 1. The minimum atomic E-state index is -0.815. The monoisotopic (exact) mass is 228 g/mol. The summed E-state index contributed by atoms with van der Waals surface area (Å²) in [4.78, 5) is 16.4. The van der Waals surface area contributed by atoms with Crippen molar-refractivity contribution in [3.63, 3.8) is 0 Å². The molecule has 1 aromatic carbocycles. The molecular weight excluding hydrogens is 212 g/mol. The molecule has 1 atom stereocenters. The van der Waals surface area contributed by atoms with E-state index in [-0.39, 0.29) is 5.78 Å². The smallest absolute Gasteiger partial charge is 0.183 e. The van der Waals surface area contributed by atoms with Gasteiger partial charge >= 0.3 is 0 Å². The molecule has 0 spiro atoms. The summed E-state index contributed by atoms with van der Waals surface area (Å²) in [5.74, 6) is -0.0291. The minimum absolute atomic E-state index is 0.0291. The summed E-state index contributed by atoms with van der Waals surface area (Å²) in [6.45, 7) is 3.69. The number of nitrogens with zero attached hydrogens (tertiary/aromatic N) is 1. The van der Waals surface area contributed by atoms with E-state index in [0.29, 0.717) is 12.0 Å². The number of ketones is 1. The number of aromatic nitrogens is 1. The van der Waals surface area contributed by atoms with E-state index < -0.39 is 5.54 Å². The van der Waals surface area contributed by atoms with Crippen molar-refractivity contribution in [2.45, 2.75) is 25.8 Å². The van der Waals surface area contributed by atoms with Gasteiger partial charge < -0.3 is 5.73 Å². The average Bonchev–Trinajstić information content (AvgIpc) is 2.37. The van der Waals surface area contributed by atoms with Crippen molar-refractivity contribution in [3.05, 3.63) is 42.2 Å². The number of rotatable bonds is 3. The quantitative estimate of drug-likeness (QED) is 0.821. The van der Waals surface area contributed by atoms with Crippen molar-refractivity contribution in [2.24, 2.45) is 5.73 Å². The molecule has 1 heterocycles. The Balaban J connectivity index is 2.60. The van der Waals surface area contributed by atoms with Gasteiger partial charge in [-0.05, 0) is 24.8 Å². The molecule has 1 aromatic heterocycles. The third kappa shape index (κ3) is 2.06. The molecular formula is C14H16N2O. The average molecular weight is 228 g/mol. The van der Waals surface area contributed by atoms with Crippen molar-refractivity contribution in [1.82, 2.24) is 4.98 Å². The number of hydrogen-bond donors (Lipinski definition) is 1. The molecule has 1 unspecified atom stereocenters. The highest BCUT2D eigenvalue weighted by Gasteiger charge is 2.28. The Morgan fingerprint density at radius 1 is 1.41 bits per heavy atom. The Kier molecular flexibility index (Phi) is 2.94. The maximum atomic E-state index is 12.4. The van der Waals surface area contributed by atoms with E-state index in [1.165, 1.54) is 0 Å². The molecule has 0 fully saturated rings. The van der Waals surface area contributed by atoms with E-state index in [4.69, 9.17) is 5.73 Å². The van der Waals surface area contributed by atoms with Crippen molar-refractivity contribution in [1.29, 1.82) is 0 Å². The number of pyridine rings is 1. The first-order valence-electron chi connectivity index (χ1n) is 5.72. The van der Waals surface area contributed by atoms with Crippen molar-refractivity contribution < 1.29 is 4.79 Å². The molecule has 0 aliphatic rings. The summed E-state index contributed by atoms with van der Waals surface area (Å²) in [6.07, 6.45) is 4.05. The Hall–Kier alpha value is -1.74. The SMILES string of the molecule is CCC(C)(N)C(=O)c1cccc2ccncc12. The summed E-state index contributed by atoms with van der Waals surface area (Å²) in [5, 5.41) is 1.88. The van der Waals surface area contributed by atoms with Gasteiger partial charge in [-0.3, -0.25) is 9.78 Å². The Labute approximate surface area is 101 Å². The van der Waals surface area contributed by atoms with Crippen LogP contribution in [0, 0.1) is 0 Å². The highest BCUT2D eigenvalue weighted by Crippen LogP contribution is 2.22. The Morgan fingerprint density at radius 3 is 2.88 bits per heavy atom. The maximum Gasteiger partial charge on any atom is 0.183 e. The van der Waals surface area contributed by atoms with Gasteiger partial charge in [0.25, 0.3) is 0 Å². The first kappa shape index (κ1) is 11.7. The number of carbonyl (C=O) groups excluding carboxylic acids is 1. The van der Waals surface area contributed by atoms with Crippen molar-refractivity contribution in [3.8, 4) is 0 Å². The molecule has 0 aliphatic carbocycles. The molecule has 17 heavy (non-hydrogen) atoms. The summed E-state index contributed by atoms with van der Waals surface area (Å²) < 4.78 is 0. The molecule has 88 valence electrons. The zero-order valence-corrected chi connectivity index (χ0v) is 10.1. The lowest BCUT2D eigenvalue weighted by molar-refractivity contribution is 0.0899. The van der Waals surface area contributed by atoms with Crippen LogP contribution in [0.15, 0.2) is 36.7 Å². The van der Waals surface area contributed by atoms with Gasteiger partial charge in [0.05, 0.1) is 5.54 Å². The van der Waals surface area contributed by atoms with Crippen molar-refractivity contribution in [2.75, 3.05) is 0 Å². The van der Waals surface area contributed by atoms with Crippen LogP contribution in [0.4, 0.5) is 0 Å². The number of nitrogens with two attached hydrogens (primary N) is 1. The summed E-state index contributed by atoms with van der Waals surface area (Å²) in [5.41, 5.74) is 5.85. The topological polar surface area (TPSA) is 56.0 Å². The maximum absolute atomic E-state index is 12.4. The van der Waals surface area contributed by atoms with Gasteiger partial charge in [0, 0.05) is 23.3 Å². The van der Waals surface area contributed by atoms with Gasteiger partial charge in [-0.1, -0.05) is 25.1 Å². The van der Waals surface area contributed by atoms with Crippen LogP contribution in [-0.4, -0.2) is 16.3 Å². The van der Waals surface area contributed by atoms with E-state index >= 15 is 0 Å². The minimum Gasteiger partial charge on any atom is -0.319 e. The number of hydrogen-bond acceptors (Lipinski definition) is 3. The fraction of sp³-hybridized carbons (Fsp3) is 0.286. The van der Waals surface area contributed by atoms with Gasteiger partial charge in [0.2, 0.25) is 0 Å². The van der Waals surface area contributed by atoms with Gasteiger partial charge in [-0.15, -0.1) is 0 Å². The molecule has 2 aromatic rings. The second-order valence-electron chi connectivity index (χ2n) is 4.50. The van der Waals surface area contributed by atoms with Crippen LogP contribution in [0.3, 0.4) is 0 Å². The lowest BCUT2D eigenvalue weighted by Gasteiger charge is -2.21. The van der Waals surface area contributed by atoms with Gasteiger partial charge in [0.1, 0.15) is 0 Å². The molecule has 3 heteroatoms. The third-order valence-corrected chi connectivity index (χ3v) is 3.18. The van der Waals surface area contributed by atoms with Crippen LogP contribution in [0.25, 0.3) is 10.8 Å². The highest BCUT2D eigenvalue weighted by atomic mass is 16.1. The van der Waals surface area contributed by atoms with E-state index in [0.717, 1.165) is 10.8 Å². The van der Waals surface area contributed by atoms with Crippen LogP contribution < -0.4 is 5.73 Å². The molecule has 0 radical (unpaired) electrons. The van der Waals surface area contributed by atoms with Gasteiger partial charge in [-0.2, -0.15) is 0 Å². The van der Waals surface area contributed by atoms with Gasteiger partial charge in [-0.25, -0.2) is 0 Å². The van der Waals surface area contributed by atoms with Crippen LogP contribution in [-0.2, 0) is 0 Å². The molecule has 0 saturated carbocycles. The van der Waals surface area contributed by atoms with Crippen LogP contribution >= 0.6 is 0 Å². The standard InChI is InChI=1S/C14H16N2O/c1-3-14(2,15)13(17)11-6-4-5-10-7-8-16-9-12(10)11/h4-9H,3,15H2,1-2H3. The van der Waals surface area contributed by atoms with E-state index in [1.54, 1.807) is 19.3 Å².